The third kappa shape index (κ3) is 3.19. The highest BCUT2D eigenvalue weighted by Gasteiger charge is 2.07. The zero-order chi connectivity index (χ0) is 10.4. The average Bonchev–Trinajstić information content (AvgIpc) is 2.59. The van der Waals surface area contributed by atoms with Crippen molar-refractivity contribution in [1.82, 2.24) is 10.3 Å². The molecule has 74 valence electrons. The molecule has 0 fully saturated rings. The van der Waals surface area contributed by atoms with Crippen molar-refractivity contribution in [1.29, 1.82) is 0 Å². The van der Waals surface area contributed by atoms with E-state index in [2.05, 4.69) is 22.1 Å². The van der Waals surface area contributed by atoms with E-state index in [1.54, 1.807) is 12.3 Å². The molecule has 0 radical (unpaired) electrons. The van der Waals surface area contributed by atoms with Crippen LogP contribution in [-0.4, -0.2) is 17.4 Å². The van der Waals surface area contributed by atoms with E-state index in [0.29, 0.717) is 18.7 Å². The van der Waals surface area contributed by atoms with Crippen LogP contribution in [0.2, 0.25) is 0 Å². The maximum Gasteiger partial charge on any atom is 0.270 e. The molecule has 0 aliphatic rings. The summed E-state index contributed by atoms with van der Waals surface area (Å²) < 4.78 is 0. The fourth-order valence-electron chi connectivity index (χ4n) is 0.922. The van der Waals surface area contributed by atoms with Gasteiger partial charge in [0.25, 0.3) is 5.91 Å². The molecule has 3 nitrogen and oxygen atoms in total. The maximum absolute atomic E-state index is 11.4. The maximum atomic E-state index is 11.4. The number of carbonyl (C=O) groups is 1. The molecule has 1 N–H and O–H groups in total. The fraction of sp³-hybridized carbons (Fsp3) is 0.400. The second-order valence-corrected chi connectivity index (χ2v) is 3.75. The number of hydrogen-bond acceptors (Lipinski definition) is 3. The summed E-state index contributed by atoms with van der Waals surface area (Å²) in [5.74, 6) is 5.53. The van der Waals surface area contributed by atoms with Crippen LogP contribution in [0.4, 0.5) is 0 Å². The van der Waals surface area contributed by atoms with Gasteiger partial charge in [-0.05, 0) is 13.8 Å². The van der Waals surface area contributed by atoms with Gasteiger partial charge in [0.2, 0.25) is 0 Å². The molecule has 1 heterocycles. The minimum atomic E-state index is -0.118. The van der Waals surface area contributed by atoms with Crippen molar-refractivity contribution in [2.75, 3.05) is 6.54 Å². The molecule has 0 saturated heterocycles. The van der Waals surface area contributed by atoms with Gasteiger partial charge >= 0.3 is 0 Å². The van der Waals surface area contributed by atoms with Gasteiger partial charge in [-0.3, -0.25) is 4.79 Å². The van der Waals surface area contributed by atoms with Crippen LogP contribution in [0.5, 0.6) is 0 Å². The second kappa shape index (κ2) is 5.40. The summed E-state index contributed by atoms with van der Waals surface area (Å²) in [6.45, 7) is 4.24. The number of nitrogens with one attached hydrogen (secondary N) is 1. The molecule has 1 amide bonds. The van der Waals surface area contributed by atoms with Crippen LogP contribution in [0.15, 0.2) is 5.38 Å². The zero-order valence-electron chi connectivity index (χ0n) is 8.26. The molecule has 0 unspecified atom stereocenters. The first-order valence-corrected chi connectivity index (χ1v) is 5.22. The molecule has 0 aliphatic heterocycles. The molecule has 0 bridgehead atoms. The normalized spacial score (nSPS) is 9.00. The van der Waals surface area contributed by atoms with Crippen molar-refractivity contribution >= 4 is 17.2 Å². The van der Waals surface area contributed by atoms with E-state index in [4.69, 9.17) is 0 Å². The van der Waals surface area contributed by atoms with Crippen molar-refractivity contribution in [3.63, 3.8) is 0 Å². The van der Waals surface area contributed by atoms with Crippen LogP contribution in [0.1, 0.15) is 28.8 Å². The van der Waals surface area contributed by atoms with Crippen LogP contribution in [0, 0.1) is 18.8 Å². The molecule has 14 heavy (non-hydrogen) atoms. The molecular weight excluding hydrogens is 196 g/mol. The Morgan fingerprint density at radius 2 is 2.50 bits per heavy atom. The lowest BCUT2D eigenvalue weighted by Gasteiger charge is -1.98. The van der Waals surface area contributed by atoms with Gasteiger partial charge in [0.05, 0.1) is 5.01 Å². The van der Waals surface area contributed by atoms with Crippen LogP contribution >= 0.6 is 11.3 Å². The van der Waals surface area contributed by atoms with Crippen molar-refractivity contribution in [3.8, 4) is 11.8 Å². The molecule has 1 aromatic heterocycles. The Hall–Kier alpha value is -1.34. The Balaban J connectivity index is 2.38. The summed E-state index contributed by atoms with van der Waals surface area (Å²) in [5.41, 5.74) is 0.497. The quantitative estimate of drug-likeness (QED) is 0.605. The molecule has 4 heteroatoms. The molecule has 1 rings (SSSR count). The standard InChI is InChI=1S/C10H12N2OS/c1-3-4-5-6-11-10(13)9-7-14-8(2)12-9/h7H,5-6H2,1-2H3,(H,11,13). The topological polar surface area (TPSA) is 42.0 Å². The molecule has 0 atom stereocenters. The average molecular weight is 208 g/mol. The second-order valence-electron chi connectivity index (χ2n) is 2.68. The third-order valence-electron chi connectivity index (χ3n) is 1.56. The Kier molecular flexibility index (Phi) is 4.14. The van der Waals surface area contributed by atoms with E-state index in [-0.39, 0.29) is 5.91 Å². The fourth-order valence-corrected chi connectivity index (χ4v) is 1.51. The first-order valence-electron chi connectivity index (χ1n) is 4.34. The summed E-state index contributed by atoms with van der Waals surface area (Å²) in [6, 6.07) is 0. The van der Waals surface area contributed by atoms with E-state index < -0.39 is 0 Å². The molecule has 0 aliphatic carbocycles. The lowest BCUT2D eigenvalue weighted by Crippen LogP contribution is -2.24. The zero-order valence-corrected chi connectivity index (χ0v) is 9.07. The SMILES string of the molecule is CC#CCCNC(=O)c1csc(C)n1. The minimum absolute atomic E-state index is 0.118. The van der Waals surface area contributed by atoms with E-state index in [0.717, 1.165) is 5.01 Å². The Morgan fingerprint density at radius 1 is 1.71 bits per heavy atom. The summed E-state index contributed by atoms with van der Waals surface area (Å²) >= 11 is 1.48. The molecule has 1 aromatic rings. The molecular formula is C10H12N2OS. The summed E-state index contributed by atoms with van der Waals surface area (Å²) in [6.07, 6.45) is 0.686. The van der Waals surface area contributed by atoms with Crippen LogP contribution in [-0.2, 0) is 0 Å². The van der Waals surface area contributed by atoms with E-state index in [1.807, 2.05) is 6.92 Å². The molecule has 0 saturated carbocycles. The minimum Gasteiger partial charge on any atom is -0.350 e. The lowest BCUT2D eigenvalue weighted by atomic mass is 10.4. The van der Waals surface area contributed by atoms with Crippen molar-refractivity contribution in [2.45, 2.75) is 20.3 Å². The number of nitrogens with zero attached hydrogens (tertiary/aromatic N) is 1. The number of aryl methyl sites for hydroxylation is 1. The summed E-state index contributed by atoms with van der Waals surface area (Å²) in [7, 11) is 0. The van der Waals surface area contributed by atoms with E-state index >= 15 is 0 Å². The van der Waals surface area contributed by atoms with Gasteiger partial charge in [-0.1, -0.05) is 0 Å². The lowest BCUT2D eigenvalue weighted by molar-refractivity contribution is 0.0950. The number of hydrogen-bond donors (Lipinski definition) is 1. The summed E-state index contributed by atoms with van der Waals surface area (Å²) in [5, 5.41) is 5.42. The van der Waals surface area contributed by atoms with E-state index in [9.17, 15) is 4.79 Å². The Morgan fingerprint density at radius 3 is 3.07 bits per heavy atom. The molecule has 0 aromatic carbocycles. The van der Waals surface area contributed by atoms with Crippen molar-refractivity contribution < 1.29 is 4.79 Å². The number of aromatic nitrogens is 1. The van der Waals surface area contributed by atoms with Gasteiger partial charge in [-0.2, -0.15) is 0 Å². The highest BCUT2D eigenvalue weighted by molar-refractivity contribution is 7.09. The third-order valence-corrected chi connectivity index (χ3v) is 2.34. The van der Waals surface area contributed by atoms with Crippen molar-refractivity contribution in [3.05, 3.63) is 16.1 Å². The van der Waals surface area contributed by atoms with Crippen molar-refractivity contribution in [2.24, 2.45) is 0 Å². The van der Waals surface area contributed by atoms with E-state index in [1.165, 1.54) is 11.3 Å². The van der Waals surface area contributed by atoms with Crippen LogP contribution in [0.3, 0.4) is 0 Å². The summed E-state index contributed by atoms with van der Waals surface area (Å²) in [4.78, 5) is 15.5. The molecule has 0 spiro atoms. The first-order chi connectivity index (χ1) is 6.74. The van der Waals surface area contributed by atoms with Gasteiger partial charge in [-0.15, -0.1) is 23.2 Å². The first kappa shape index (κ1) is 10.7. The van der Waals surface area contributed by atoms with Crippen LogP contribution in [0.25, 0.3) is 0 Å². The largest absolute Gasteiger partial charge is 0.350 e. The number of carbonyl (C=O) groups excluding carboxylic acids is 1. The van der Waals surface area contributed by atoms with Gasteiger partial charge in [0, 0.05) is 18.3 Å². The predicted octanol–water partition coefficient (Wildman–Crippen LogP) is 1.59. The van der Waals surface area contributed by atoms with Crippen LogP contribution < -0.4 is 5.32 Å². The van der Waals surface area contributed by atoms with Gasteiger partial charge in [0.15, 0.2) is 0 Å². The smallest absolute Gasteiger partial charge is 0.270 e. The Bertz CT molecular complexity index is 373. The van der Waals surface area contributed by atoms with Gasteiger partial charge in [0.1, 0.15) is 5.69 Å². The highest BCUT2D eigenvalue weighted by Crippen LogP contribution is 2.07. The monoisotopic (exact) mass is 208 g/mol. The number of amides is 1. The number of rotatable bonds is 3. The number of thiazole rings is 1. The predicted molar refractivity (Wildman–Crippen MR) is 57.3 cm³/mol. The van der Waals surface area contributed by atoms with Gasteiger partial charge < -0.3 is 5.32 Å². The Labute approximate surface area is 87.6 Å². The highest BCUT2D eigenvalue weighted by atomic mass is 32.1. The van der Waals surface area contributed by atoms with Gasteiger partial charge in [-0.25, -0.2) is 4.98 Å².